The standard InChI is InChI=1S/C14H26N2O4/c1-9(2)11(15-13(19)20-14(3,4)5)12(18)16-7-6-10(17)8-16/h9-11,17H,6-8H2,1-5H3,(H,15,19). The lowest BCUT2D eigenvalue weighted by atomic mass is 10.0. The van der Waals surface area contributed by atoms with E-state index in [-0.39, 0.29) is 11.8 Å². The fourth-order valence-corrected chi connectivity index (χ4v) is 2.09. The van der Waals surface area contributed by atoms with Crippen LogP contribution in [0.3, 0.4) is 0 Å². The number of carbonyl (C=O) groups excluding carboxylic acids is 2. The van der Waals surface area contributed by atoms with Gasteiger partial charge in [0, 0.05) is 13.1 Å². The number of alkyl carbamates (subject to hydrolysis) is 1. The summed E-state index contributed by atoms with van der Waals surface area (Å²) in [6.45, 7) is 9.91. The molecule has 6 heteroatoms. The largest absolute Gasteiger partial charge is 0.444 e. The van der Waals surface area contributed by atoms with E-state index >= 15 is 0 Å². The van der Waals surface area contributed by atoms with Gasteiger partial charge in [0.2, 0.25) is 5.91 Å². The van der Waals surface area contributed by atoms with Gasteiger partial charge < -0.3 is 20.1 Å². The number of hydrogen-bond acceptors (Lipinski definition) is 4. The van der Waals surface area contributed by atoms with Gasteiger partial charge in [0.15, 0.2) is 0 Å². The number of β-amino-alcohol motifs (C(OH)–C–C–N with tert-alkyl or cyclic N) is 1. The molecule has 0 aromatic carbocycles. The smallest absolute Gasteiger partial charge is 0.408 e. The first-order valence-electron chi connectivity index (χ1n) is 7.06. The molecule has 2 N–H and O–H groups in total. The van der Waals surface area contributed by atoms with E-state index in [2.05, 4.69) is 5.32 Å². The highest BCUT2D eigenvalue weighted by molar-refractivity contribution is 5.86. The first-order chi connectivity index (χ1) is 9.10. The van der Waals surface area contributed by atoms with Crippen LogP contribution < -0.4 is 5.32 Å². The molecule has 116 valence electrons. The molecule has 2 unspecified atom stereocenters. The van der Waals surface area contributed by atoms with Gasteiger partial charge in [-0.2, -0.15) is 0 Å². The number of nitrogens with one attached hydrogen (secondary N) is 1. The summed E-state index contributed by atoms with van der Waals surface area (Å²) in [6.07, 6.45) is -0.471. The third-order valence-electron chi connectivity index (χ3n) is 3.08. The summed E-state index contributed by atoms with van der Waals surface area (Å²) in [7, 11) is 0. The van der Waals surface area contributed by atoms with Crippen molar-refractivity contribution in [3.63, 3.8) is 0 Å². The molecule has 0 aromatic heterocycles. The molecule has 2 atom stereocenters. The Kier molecular flexibility index (Phi) is 5.39. The predicted molar refractivity (Wildman–Crippen MR) is 75.2 cm³/mol. The summed E-state index contributed by atoms with van der Waals surface area (Å²) >= 11 is 0. The number of carbonyl (C=O) groups is 2. The van der Waals surface area contributed by atoms with Crippen molar-refractivity contribution in [2.75, 3.05) is 13.1 Å². The summed E-state index contributed by atoms with van der Waals surface area (Å²) in [6, 6.07) is -0.629. The predicted octanol–water partition coefficient (Wildman–Crippen LogP) is 1.13. The van der Waals surface area contributed by atoms with Gasteiger partial charge in [-0.3, -0.25) is 4.79 Å². The molecule has 1 saturated heterocycles. The summed E-state index contributed by atoms with van der Waals surface area (Å²) in [4.78, 5) is 25.8. The van der Waals surface area contributed by atoms with Crippen molar-refractivity contribution >= 4 is 12.0 Å². The second kappa shape index (κ2) is 6.43. The van der Waals surface area contributed by atoms with Crippen LogP contribution in [0.1, 0.15) is 41.0 Å². The second-order valence-corrected chi connectivity index (χ2v) is 6.59. The van der Waals surface area contributed by atoms with Crippen LogP contribution in [0.25, 0.3) is 0 Å². The minimum Gasteiger partial charge on any atom is -0.444 e. The second-order valence-electron chi connectivity index (χ2n) is 6.59. The van der Waals surface area contributed by atoms with Gasteiger partial charge in [-0.25, -0.2) is 4.79 Å². The summed E-state index contributed by atoms with van der Waals surface area (Å²) in [5.41, 5.74) is -0.599. The summed E-state index contributed by atoms with van der Waals surface area (Å²) < 4.78 is 5.18. The third-order valence-corrected chi connectivity index (χ3v) is 3.08. The Hall–Kier alpha value is -1.30. The maximum atomic E-state index is 12.4. The fourth-order valence-electron chi connectivity index (χ4n) is 2.09. The van der Waals surface area contributed by atoms with E-state index in [0.29, 0.717) is 19.5 Å². The molecule has 0 saturated carbocycles. The van der Waals surface area contributed by atoms with Crippen molar-refractivity contribution in [1.29, 1.82) is 0 Å². The monoisotopic (exact) mass is 286 g/mol. The Morgan fingerprint density at radius 1 is 1.35 bits per heavy atom. The van der Waals surface area contributed by atoms with Gasteiger partial charge in [-0.15, -0.1) is 0 Å². The van der Waals surface area contributed by atoms with E-state index in [1.165, 1.54) is 0 Å². The molecule has 1 aliphatic rings. The van der Waals surface area contributed by atoms with Gasteiger partial charge in [0.1, 0.15) is 11.6 Å². The van der Waals surface area contributed by atoms with Crippen LogP contribution in [0.4, 0.5) is 4.79 Å². The van der Waals surface area contributed by atoms with Crippen LogP contribution in [-0.2, 0) is 9.53 Å². The number of nitrogens with zero attached hydrogens (tertiary/aromatic N) is 1. The minimum atomic E-state index is -0.629. The molecule has 2 amide bonds. The average Bonchev–Trinajstić information content (AvgIpc) is 2.69. The minimum absolute atomic E-state index is 0.0484. The Morgan fingerprint density at radius 2 is 1.95 bits per heavy atom. The Morgan fingerprint density at radius 3 is 2.35 bits per heavy atom. The lowest BCUT2D eigenvalue weighted by Gasteiger charge is -2.28. The molecule has 0 aromatic rings. The van der Waals surface area contributed by atoms with Gasteiger partial charge in [0.25, 0.3) is 0 Å². The third kappa shape index (κ3) is 5.00. The number of aliphatic hydroxyl groups excluding tert-OH is 1. The SMILES string of the molecule is CC(C)C(NC(=O)OC(C)(C)C)C(=O)N1CCC(O)C1. The molecular weight excluding hydrogens is 260 g/mol. The zero-order chi connectivity index (χ0) is 15.5. The Balaban J connectivity index is 2.65. The molecule has 0 radical (unpaired) electrons. The molecule has 1 rings (SSSR count). The lowest BCUT2D eigenvalue weighted by molar-refractivity contribution is -0.133. The number of rotatable bonds is 3. The highest BCUT2D eigenvalue weighted by Gasteiger charge is 2.33. The van der Waals surface area contributed by atoms with Crippen LogP contribution in [0.15, 0.2) is 0 Å². The molecule has 1 heterocycles. The van der Waals surface area contributed by atoms with Crippen molar-refractivity contribution in [3.05, 3.63) is 0 Å². The first-order valence-corrected chi connectivity index (χ1v) is 7.06. The van der Waals surface area contributed by atoms with Crippen molar-refractivity contribution in [3.8, 4) is 0 Å². The normalized spacial score (nSPS) is 20.9. The zero-order valence-electron chi connectivity index (χ0n) is 13.0. The molecule has 6 nitrogen and oxygen atoms in total. The van der Waals surface area contributed by atoms with E-state index in [9.17, 15) is 14.7 Å². The van der Waals surface area contributed by atoms with Crippen LogP contribution >= 0.6 is 0 Å². The summed E-state index contributed by atoms with van der Waals surface area (Å²) in [5, 5.41) is 12.1. The molecule has 1 fully saturated rings. The van der Waals surface area contributed by atoms with Crippen molar-refractivity contribution < 1.29 is 19.4 Å². The number of amides is 2. The highest BCUT2D eigenvalue weighted by atomic mass is 16.6. The van der Waals surface area contributed by atoms with Crippen molar-refractivity contribution in [2.24, 2.45) is 5.92 Å². The van der Waals surface area contributed by atoms with E-state index in [4.69, 9.17) is 4.74 Å². The first kappa shape index (κ1) is 16.8. The maximum absolute atomic E-state index is 12.4. The molecule has 0 spiro atoms. The van der Waals surface area contributed by atoms with Crippen LogP contribution in [-0.4, -0.2) is 52.8 Å². The van der Waals surface area contributed by atoms with Crippen molar-refractivity contribution in [1.82, 2.24) is 10.2 Å². The zero-order valence-corrected chi connectivity index (χ0v) is 13.0. The number of ether oxygens (including phenoxy) is 1. The van der Waals surface area contributed by atoms with E-state index < -0.39 is 23.8 Å². The molecule has 0 aliphatic carbocycles. The molecule has 1 aliphatic heterocycles. The Bertz CT molecular complexity index is 363. The van der Waals surface area contributed by atoms with Crippen LogP contribution in [0.5, 0.6) is 0 Å². The lowest BCUT2D eigenvalue weighted by Crippen LogP contribution is -2.51. The van der Waals surface area contributed by atoms with Crippen LogP contribution in [0.2, 0.25) is 0 Å². The number of likely N-dealkylation sites (tertiary alicyclic amines) is 1. The van der Waals surface area contributed by atoms with E-state index in [0.717, 1.165) is 0 Å². The van der Waals surface area contributed by atoms with E-state index in [1.807, 2.05) is 13.8 Å². The topological polar surface area (TPSA) is 78.9 Å². The maximum Gasteiger partial charge on any atom is 0.408 e. The number of aliphatic hydroxyl groups is 1. The van der Waals surface area contributed by atoms with Gasteiger partial charge in [-0.05, 0) is 33.1 Å². The van der Waals surface area contributed by atoms with Gasteiger partial charge >= 0.3 is 6.09 Å². The van der Waals surface area contributed by atoms with Crippen molar-refractivity contribution in [2.45, 2.75) is 58.8 Å². The van der Waals surface area contributed by atoms with Gasteiger partial charge in [0.05, 0.1) is 6.10 Å². The molecule has 20 heavy (non-hydrogen) atoms. The van der Waals surface area contributed by atoms with E-state index in [1.54, 1.807) is 25.7 Å². The quantitative estimate of drug-likeness (QED) is 0.815. The number of hydrogen-bond donors (Lipinski definition) is 2. The highest BCUT2D eigenvalue weighted by Crippen LogP contribution is 2.14. The van der Waals surface area contributed by atoms with Crippen LogP contribution in [0, 0.1) is 5.92 Å². The summed E-state index contributed by atoms with van der Waals surface area (Å²) in [5.74, 6) is -0.213. The van der Waals surface area contributed by atoms with Gasteiger partial charge in [-0.1, -0.05) is 13.8 Å². The average molecular weight is 286 g/mol. The Labute approximate surface area is 120 Å². The molecular formula is C14H26N2O4. The fraction of sp³-hybridized carbons (Fsp3) is 0.857. The molecule has 0 bridgehead atoms.